The Labute approximate surface area is 200 Å². The number of nitrogens with zero attached hydrogens (tertiary/aromatic N) is 1. The fourth-order valence-electron chi connectivity index (χ4n) is 3.89. The van der Waals surface area contributed by atoms with Gasteiger partial charge in [0.2, 0.25) is 5.78 Å². The summed E-state index contributed by atoms with van der Waals surface area (Å²) >= 11 is 0. The lowest BCUT2D eigenvalue weighted by Crippen LogP contribution is -2.14. The summed E-state index contributed by atoms with van der Waals surface area (Å²) in [6.45, 7) is -0.443. The SMILES string of the molecule is COc1ccc(-c2cc(C(=O)OCC(=O)c3cc4ccccc4o3)c3ccccc3n2)cc1OC. The summed E-state index contributed by atoms with van der Waals surface area (Å²) in [7, 11) is 3.11. The first-order valence-corrected chi connectivity index (χ1v) is 10.9. The standard InChI is InChI=1S/C28H21NO6/c1-32-25-12-11-17(13-27(25)33-2)22-15-20(19-8-4-5-9-21(19)29-22)28(31)34-16-23(30)26-14-18-7-3-6-10-24(18)35-26/h3-15H,16H2,1-2H3. The molecule has 7 heteroatoms. The van der Waals surface area contributed by atoms with E-state index in [1.54, 1.807) is 50.6 Å². The van der Waals surface area contributed by atoms with Crippen molar-refractivity contribution in [2.45, 2.75) is 0 Å². The lowest BCUT2D eigenvalue weighted by atomic mass is 10.0. The van der Waals surface area contributed by atoms with Crippen molar-refractivity contribution in [3.8, 4) is 22.8 Å². The first-order valence-electron chi connectivity index (χ1n) is 10.9. The second-order valence-corrected chi connectivity index (χ2v) is 7.79. The van der Waals surface area contributed by atoms with Crippen LogP contribution in [0.2, 0.25) is 0 Å². The number of ether oxygens (including phenoxy) is 3. The number of rotatable bonds is 7. The second kappa shape index (κ2) is 9.30. The smallest absolute Gasteiger partial charge is 0.339 e. The molecule has 0 bridgehead atoms. The van der Waals surface area contributed by atoms with Gasteiger partial charge in [-0.15, -0.1) is 0 Å². The van der Waals surface area contributed by atoms with Gasteiger partial charge in [0.25, 0.3) is 0 Å². The number of furan rings is 1. The predicted molar refractivity (Wildman–Crippen MR) is 131 cm³/mol. The molecule has 0 aliphatic rings. The van der Waals surface area contributed by atoms with Gasteiger partial charge in [-0.3, -0.25) is 4.79 Å². The van der Waals surface area contributed by atoms with Crippen LogP contribution in [0.5, 0.6) is 11.5 Å². The van der Waals surface area contributed by atoms with Crippen LogP contribution in [0.1, 0.15) is 20.9 Å². The van der Waals surface area contributed by atoms with E-state index in [-0.39, 0.29) is 5.76 Å². The first kappa shape index (κ1) is 22.2. The molecule has 3 aromatic carbocycles. The van der Waals surface area contributed by atoms with Crippen molar-refractivity contribution in [1.82, 2.24) is 4.98 Å². The molecule has 7 nitrogen and oxygen atoms in total. The van der Waals surface area contributed by atoms with E-state index in [0.717, 1.165) is 10.9 Å². The largest absolute Gasteiger partial charge is 0.493 e. The fraction of sp³-hybridized carbons (Fsp3) is 0.107. The molecule has 0 saturated heterocycles. The Kier molecular flexibility index (Phi) is 5.89. The van der Waals surface area contributed by atoms with E-state index in [4.69, 9.17) is 23.6 Å². The number of aromatic nitrogens is 1. The van der Waals surface area contributed by atoms with Gasteiger partial charge < -0.3 is 18.6 Å². The van der Waals surface area contributed by atoms with Crippen molar-refractivity contribution in [2.75, 3.05) is 20.8 Å². The highest BCUT2D eigenvalue weighted by molar-refractivity contribution is 6.06. The average molecular weight is 467 g/mol. The van der Waals surface area contributed by atoms with Crippen LogP contribution >= 0.6 is 0 Å². The maximum absolute atomic E-state index is 13.1. The minimum atomic E-state index is -0.630. The Bertz CT molecular complexity index is 1540. The van der Waals surface area contributed by atoms with Crippen LogP contribution in [-0.4, -0.2) is 37.6 Å². The van der Waals surface area contributed by atoms with Crippen LogP contribution in [0, 0.1) is 0 Å². The minimum Gasteiger partial charge on any atom is -0.493 e. The number of carbonyl (C=O) groups excluding carboxylic acids is 2. The molecular formula is C28H21NO6. The normalized spacial score (nSPS) is 10.9. The van der Waals surface area contributed by atoms with Gasteiger partial charge in [0, 0.05) is 16.3 Å². The van der Waals surface area contributed by atoms with Crippen LogP contribution in [0.25, 0.3) is 33.1 Å². The summed E-state index contributed by atoms with van der Waals surface area (Å²) in [4.78, 5) is 30.4. The third kappa shape index (κ3) is 4.31. The molecule has 0 aliphatic carbocycles. The van der Waals surface area contributed by atoms with Crippen molar-refractivity contribution < 1.29 is 28.2 Å². The zero-order chi connectivity index (χ0) is 24.4. The molecule has 5 aromatic rings. The number of hydrogen-bond acceptors (Lipinski definition) is 7. The highest BCUT2D eigenvalue weighted by Gasteiger charge is 2.19. The van der Waals surface area contributed by atoms with Crippen LogP contribution in [0.3, 0.4) is 0 Å². The highest BCUT2D eigenvalue weighted by atomic mass is 16.5. The highest BCUT2D eigenvalue weighted by Crippen LogP contribution is 2.33. The van der Waals surface area contributed by atoms with Crippen LogP contribution < -0.4 is 9.47 Å². The Hall–Kier alpha value is -4.65. The average Bonchev–Trinajstić information content (AvgIpc) is 3.35. The van der Waals surface area contributed by atoms with Crippen molar-refractivity contribution in [3.05, 3.63) is 90.2 Å². The third-order valence-corrected chi connectivity index (χ3v) is 5.65. The van der Waals surface area contributed by atoms with E-state index in [9.17, 15) is 9.59 Å². The summed E-state index contributed by atoms with van der Waals surface area (Å²) in [5.74, 6) is 0.216. The molecule has 0 amide bonds. The Balaban J connectivity index is 1.45. The summed E-state index contributed by atoms with van der Waals surface area (Å²) in [5.41, 5.74) is 2.82. The van der Waals surface area contributed by atoms with Gasteiger partial charge in [-0.2, -0.15) is 0 Å². The number of pyridine rings is 1. The molecule has 5 rings (SSSR count). The van der Waals surface area contributed by atoms with E-state index in [1.807, 2.05) is 42.5 Å². The molecule has 35 heavy (non-hydrogen) atoms. The first-order chi connectivity index (χ1) is 17.1. The van der Waals surface area contributed by atoms with Crippen molar-refractivity contribution in [3.63, 3.8) is 0 Å². The molecule has 0 saturated carbocycles. The number of benzene rings is 3. The third-order valence-electron chi connectivity index (χ3n) is 5.65. The van der Waals surface area contributed by atoms with Crippen molar-refractivity contribution in [2.24, 2.45) is 0 Å². The van der Waals surface area contributed by atoms with Gasteiger partial charge in [0.05, 0.1) is 31.0 Å². The van der Waals surface area contributed by atoms with Gasteiger partial charge in [-0.05, 0) is 42.5 Å². The molecule has 0 aliphatic heterocycles. The number of methoxy groups -OCH3 is 2. The molecule has 0 radical (unpaired) electrons. The molecule has 174 valence electrons. The quantitative estimate of drug-likeness (QED) is 0.224. The molecular weight excluding hydrogens is 446 g/mol. The topological polar surface area (TPSA) is 87.9 Å². The van der Waals surface area contributed by atoms with E-state index < -0.39 is 18.4 Å². The molecule has 0 spiro atoms. The van der Waals surface area contributed by atoms with E-state index in [2.05, 4.69) is 0 Å². The Morgan fingerprint density at radius 1 is 0.857 bits per heavy atom. The summed E-state index contributed by atoms with van der Waals surface area (Å²) in [5, 5.41) is 1.43. The van der Waals surface area contributed by atoms with Gasteiger partial charge in [-0.1, -0.05) is 36.4 Å². The summed E-state index contributed by atoms with van der Waals surface area (Å²) in [6.07, 6.45) is 0. The molecule has 2 aromatic heterocycles. The summed E-state index contributed by atoms with van der Waals surface area (Å²) < 4.78 is 21.7. The number of carbonyl (C=O) groups is 2. The van der Waals surface area contributed by atoms with Crippen molar-refractivity contribution >= 4 is 33.6 Å². The van der Waals surface area contributed by atoms with Gasteiger partial charge in [0.1, 0.15) is 5.58 Å². The fourth-order valence-corrected chi connectivity index (χ4v) is 3.89. The molecule has 0 N–H and O–H groups in total. The van der Waals surface area contributed by atoms with Crippen LogP contribution in [0.4, 0.5) is 0 Å². The lowest BCUT2D eigenvalue weighted by Gasteiger charge is -2.12. The van der Waals surface area contributed by atoms with Crippen LogP contribution in [0.15, 0.2) is 83.3 Å². The van der Waals surface area contributed by atoms with Crippen LogP contribution in [-0.2, 0) is 4.74 Å². The summed E-state index contributed by atoms with van der Waals surface area (Å²) in [6, 6.07) is 23.3. The monoisotopic (exact) mass is 467 g/mol. The number of ketones is 1. The predicted octanol–water partition coefficient (Wildman–Crippen LogP) is 5.70. The van der Waals surface area contributed by atoms with E-state index >= 15 is 0 Å². The number of fused-ring (bicyclic) bond motifs is 2. The number of para-hydroxylation sites is 2. The number of hydrogen-bond donors (Lipinski definition) is 0. The van der Waals surface area contributed by atoms with Gasteiger partial charge >= 0.3 is 5.97 Å². The van der Waals surface area contributed by atoms with Gasteiger partial charge in [-0.25, -0.2) is 9.78 Å². The second-order valence-electron chi connectivity index (χ2n) is 7.79. The maximum atomic E-state index is 13.1. The Morgan fingerprint density at radius 3 is 2.43 bits per heavy atom. The number of esters is 1. The van der Waals surface area contributed by atoms with Gasteiger partial charge in [0.15, 0.2) is 23.9 Å². The molecule has 0 unspecified atom stereocenters. The van der Waals surface area contributed by atoms with E-state index in [1.165, 1.54) is 0 Å². The zero-order valence-corrected chi connectivity index (χ0v) is 19.1. The maximum Gasteiger partial charge on any atom is 0.339 e. The molecule has 0 fully saturated rings. The Morgan fingerprint density at radius 2 is 1.63 bits per heavy atom. The lowest BCUT2D eigenvalue weighted by molar-refractivity contribution is 0.0470. The number of Topliss-reactive ketones (excluding diaryl/α,β-unsaturated/α-hetero) is 1. The van der Waals surface area contributed by atoms with Crippen molar-refractivity contribution in [1.29, 1.82) is 0 Å². The van der Waals surface area contributed by atoms with E-state index in [0.29, 0.717) is 39.2 Å². The zero-order valence-electron chi connectivity index (χ0n) is 19.1. The molecule has 0 atom stereocenters. The minimum absolute atomic E-state index is 0.143. The molecule has 2 heterocycles.